The standard InChI is InChI=1S/C18H17N3O4/c1-18(13-6-4-3-5-7-13)16(23)21(17(24)20-18)19-11-12-8-9-14(22)15(10-12)25-2/h3-11,22H,1-2H3,(H,20,24)/b19-11+/t18-/m1/s1. The third-order valence-electron chi connectivity index (χ3n) is 4.05. The highest BCUT2D eigenvalue weighted by Crippen LogP contribution is 2.29. The molecule has 0 aliphatic carbocycles. The van der Waals surface area contributed by atoms with E-state index in [-0.39, 0.29) is 11.5 Å². The summed E-state index contributed by atoms with van der Waals surface area (Å²) in [7, 11) is 1.43. The van der Waals surface area contributed by atoms with E-state index in [1.165, 1.54) is 19.4 Å². The molecule has 7 nitrogen and oxygen atoms in total. The van der Waals surface area contributed by atoms with Crippen LogP contribution < -0.4 is 10.1 Å². The Hall–Kier alpha value is -3.35. The van der Waals surface area contributed by atoms with E-state index in [4.69, 9.17) is 4.74 Å². The lowest BCUT2D eigenvalue weighted by atomic mass is 9.92. The average Bonchev–Trinajstić information content (AvgIpc) is 2.85. The molecule has 25 heavy (non-hydrogen) atoms. The van der Waals surface area contributed by atoms with Crippen LogP contribution >= 0.6 is 0 Å². The molecule has 1 aliphatic rings. The summed E-state index contributed by atoms with van der Waals surface area (Å²) in [5, 5.41) is 17.1. The van der Waals surface area contributed by atoms with E-state index < -0.39 is 17.5 Å². The van der Waals surface area contributed by atoms with Gasteiger partial charge >= 0.3 is 6.03 Å². The van der Waals surface area contributed by atoms with E-state index in [0.29, 0.717) is 11.1 Å². The number of benzene rings is 2. The van der Waals surface area contributed by atoms with Crippen LogP contribution in [0.2, 0.25) is 0 Å². The SMILES string of the molecule is COc1cc(/C=N/N2C(=O)N[C@](C)(c3ccccc3)C2=O)ccc1O. The number of carbonyl (C=O) groups is 2. The van der Waals surface area contributed by atoms with Gasteiger partial charge in [-0.2, -0.15) is 5.10 Å². The van der Waals surface area contributed by atoms with Gasteiger partial charge in [-0.3, -0.25) is 4.79 Å². The van der Waals surface area contributed by atoms with Crippen LogP contribution in [0, 0.1) is 0 Å². The molecular formula is C18H17N3O4. The van der Waals surface area contributed by atoms with Crippen LogP contribution in [-0.2, 0) is 10.3 Å². The number of nitrogens with zero attached hydrogens (tertiary/aromatic N) is 2. The Morgan fingerprint density at radius 2 is 1.92 bits per heavy atom. The number of imide groups is 1. The molecular weight excluding hydrogens is 322 g/mol. The zero-order valence-electron chi connectivity index (χ0n) is 13.8. The van der Waals surface area contributed by atoms with E-state index in [2.05, 4.69) is 10.4 Å². The van der Waals surface area contributed by atoms with E-state index in [1.807, 2.05) is 6.07 Å². The first-order valence-corrected chi connectivity index (χ1v) is 7.59. The molecule has 7 heteroatoms. The molecule has 0 saturated carbocycles. The highest BCUT2D eigenvalue weighted by molar-refractivity contribution is 6.07. The van der Waals surface area contributed by atoms with Crippen molar-refractivity contribution in [2.24, 2.45) is 5.10 Å². The van der Waals surface area contributed by atoms with E-state index in [1.54, 1.807) is 43.3 Å². The summed E-state index contributed by atoms with van der Waals surface area (Å²) in [6.45, 7) is 1.64. The van der Waals surface area contributed by atoms with Gasteiger partial charge in [0.1, 0.15) is 5.54 Å². The monoisotopic (exact) mass is 339 g/mol. The van der Waals surface area contributed by atoms with Crippen molar-refractivity contribution in [3.8, 4) is 11.5 Å². The molecule has 2 aromatic carbocycles. The van der Waals surface area contributed by atoms with Crippen molar-refractivity contribution < 1.29 is 19.4 Å². The van der Waals surface area contributed by atoms with Gasteiger partial charge in [0.05, 0.1) is 13.3 Å². The topological polar surface area (TPSA) is 91.2 Å². The van der Waals surface area contributed by atoms with Gasteiger partial charge < -0.3 is 15.2 Å². The smallest absolute Gasteiger partial charge is 0.346 e. The zero-order valence-corrected chi connectivity index (χ0v) is 13.8. The lowest BCUT2D eigenvalue weighted by molar-refractivity contribution is -0.131. The quantitative estimate of drug-likeness (QED) is 0.660. The molecule has 1 saturated heterocycles. The Morgan fingerprint density at radius 1 is 1.20 bits per heavy atom. The van der Waals surface area contributed by atoms with Crippen molar-refractivity contribution in [1.82, 2.24) is 10.3 Å². The van der Waals surface area contributed by atoms with Crippen LogP contribution in [0.5, 0.6) is 11.5 Å². The van der Waals surface area contributed by atoms with E-state index in [0.717, 1.165) is 5.01 Å². The van der Waals surface area contributed by atoms with Crippen LogP contribution in [0.1, 0.15) is 18.1 Å². The molecule has 1 atom stereocenters. The highest BCUT2D eigenvalue weighted by atomic mass is 16.5. The third kappa shape index (κ3) is 2.91. The molecule has 1 aliphatic heterocycles. The van der Waals surface area contributed by atoms with Gasteiger partial charge in [-0.1, -0.05) is 30.3 Å². The normalized spacial score (nSPS) is 20.2. The number of ether oxygens (including phenoxy) is 1. The van der Waals surface area contributed by atoms with Gasteiger partial charge in [-0.15, -0.1) is 5.01 Å². The fraction of sp³-hybridized carbons (Fsp3) is 0.167. The number of hydrazone groups is 1. The number of phenolic OH excluding ortho intramolecular Hbond substituents is 1. The maximum Gasteiger partial charge on any atom is 0.346 e. The van der Waals surface area contributed by atoms with Crippen molar-refractivity contribution in [3.05, 3.63) is 59.7 Å². The highest BCUT2D eigenvalue weighted by Gasteiger charge is 2.49. The molecule has 0 radical (unpaired) electrons. The lowest BCUT2D eigenvalue weighted by Gasteiger charge is -2.20. The Labute approximate surface area is 144 Å². The summed E-state index contributed by atoms with van der Waals surface area (Å²) in [5.74, 6) is -0.202. The van der Waals surface area contributed by atoms with Gasteiger partial charge in [-0.05, 0) is 36.2 Å². The number of nitrogens with one attached hydrogen (secondary N) is 1. The number of hydrogen-bond donors (Lipinski definition) is 2. The molecule has 0 unspecified atom stereocenters. The van der Waals surface area contributed by atoms with E-state index in [9.17, 15) is 14.7 Å². The maximum atomic E-state index is 12.7. The number of phenols is 1. The molecule has 3 amide bonds. The maximum absolute atomic E-state index is 12.7. The second kappa shape index (κ2) is 6.27. The molecule has 1 fully saturated rings. The van der Waals surface area contributed by atoms with Crippen molar-refractivity contribution in [3.63, 3.8) is 0 Å². The first-order chi connectivity index (χ1) is 12.0. The molecule has 0 aromatic heterocycles. The largest absolute Gasteiger partial charge is 0.504 e. The van der Waals surface area contributed by atoms with Gasteiger partial charge in [-0.25, -0.2) is 4.79 Å². The number of amides is 3. The summed E-state index contributed by atoms with van der Waals surface area (Å²) in [4.78, 5) is 24.9. The number of rotatable bonds is 4. The summed E-state index contributed by atoms with van der Waals surface area (Å²) < 4.78 is 5.02. The summed E-state index contributed by atoms with van der Waals surface area (Å²) >= 11 is 0. The van der Waals surface area contributed by atoms with Crippen molar-refractivity contribution in [1.29, 1.82) is 0 Å². The first kappa shape index (κ1) is 16.5. The predicted octanol–water partition coefficient (Wildman–Crippen LogP) is 2.20. The van der Waals surface area contributed by atoms with Gasteiger partial charge in [0.2, 0.25) is 0 Å². The lowest BCUT2D eigenvalue weighted by Crippen LogP contribution is -2.40. The van der Waals surface area contributed by atoms with Gasteiger partial charge in [0.25, 0.3) is 5.91 Å². The average molecular weight is 339 g/mol. The number of methoxy groups -OCH3 is 1. The summed E-state index contributed by atoms with van der Waals surface area (Å²) in [5.41, 5.74) is 0.0865. The van der Waals surface area contributed by atoms with Gasteiger partial charge in [0, 0.05) is 0 Å². The Balaban J connectivity index is 1.86. The summed E-state index contributed by atoms with van der Waals surface area (Å²) in [6, 6.07) is 13.0. The Bertz CT molecular complexity index is 851. The van der Waals surface area contributed by atoms with Crippen LogP contribution in [0.15, 0.2) is 53.6 Å². The number of hydrogen-bond acceptors (Lipinski definition) is 5. The van der Waals surface area contributed by atoms with Crippen LogP contribution in [0.3, 0.4) is 0 Å². The molecule has 0 spiro atoms. The molecule has 2 N–H and O–H groups in total. The zero-order chi connectivity index (χ0) is 18.0. The van der Waals surface area contributed by atoms with Crippen LogP contribution in [0.25, 0.3) is 0 Å². The summed E-state index contributed by atoms with van der Waals surface area (Å²) in [6.07, 6.45) is 1.36. The van der Waals surface area contributed by atoms with Crippen LogP contribution in [0.4, 0.5) is 4.79 Å². The van der Waals surface area contributed by atoms with Crippen LogP contribution in [-0.4, -0.2) is 35.4 Å². The van der Waals surface area contributed by atoms with E-state index >= 15 is 0 Å². The molecule has 2 aromatic rings. The second-order valence-corrected chi connectivity index (χ2v) is 5.71. The minimum atomic E-state index is -1.16. The number of carbonyl (C=O) groups excluding carboxylic acids is 2. The van der Waals surface area contributed by atoms with Crippen molar-refractivity contribution >= 4 is 18.2 Å². The first-order valence-electron chi connectivity index (χ1n) is 7.59. The molecule has 1 heterocycles. The second-order valence-electron chi connectivity index (χ2n) is 5.71. The third-order valence-corrected chi connectivity index (χ3v) is 4.05. The predicted molar refractivity (Wildman–Crippen MR) is 91.4 cm³/mol. The van der Waals surface area contributed by atoms with Crippen molar-refractivity contribution in [2.45, 2.75) is 12.5 Å². The number of urea groups is 1. The molecule has 128 valence electrons. The Kier molecular flexibility index (Phi) is 4.14. The number of aromatic hydroxyl groups is 1. The van der Waals surface area contributed by atoms with Gasteiger partial charge in [0.15, 0.2) is 11.5 Å². The Morgan fingerprint density at radius 3 is 2.60 bits per heavy atom. The van der Waals surface area contributed by atoms with Crippen molar-refractivity contribution in [2.75, 3.05) is 7.11 Å². The molecule has 0 bridgehead atoms. The minimum Gasteiger partial charge on any atom is -0.504 e. The fourth-order valence-corrected chi connectivity index (χ4v) is 2.60. The molecule has 3 rings (SSSR count). The fourth-order valence-electron chi connectivity index (χ4n) is 2.60. The minimum absolute atomic E-state index is 0.00806.